The highest BCUT2D eigenvalue weighted by Gasteiger charge is 2.32. The molecule has 2 fully saturated rings. The van der Waals surface area contributed by atoms with E-state index in [0.29, 0.717) is 36.4 Å². The highest BCUT2D eigenvalue weighted by atomic mass is 16.7. The Morgan fingerprint density at radius 2 is 2.04 bits per heavy atom. The van der Waals surface area contributed by atoms with Gasteiger partial charge in [0.1, 0.15) is 5.75 Å². The minimum absolute atomic E-state index is 0.0450. The molecule has 2 heterocycles. The maximum atomic E-state index is 12.4. The van der Waals surface area contributed by atoms with Crippen molar-refractivity contribution in [3.63, 3.8) is 0 Å². The van der Waals surface area contributed by atoms with E-state index in [1.165, 1.54) is 0 Å². The van der Waals surface area contributed by atoms with E-state index in [9.17, 15) is 9.59 Å². The first kappa shape index (κ1) is 16.1. The number of rotatable bonds is 5. The fourth-order valence-corrected chi connectivity index (χ4v) is 3.17. The first-order chi connectivity index (χ1) is 12.2. The van der Waals surface area contributed by atoms with E-state index in [1.807, 2.05) is 0 Å². The Balaban J connectivity index is 1.29. The molecule has 7 heteroatoms. The van der Waals surface area contributed by atoms with Gasteiger partial charge in [-0.15, -0.1) is 0 Å². The van der Waals surface area contributed by atoms with Crippen LogP contribution in [0.5, 0.6) is 17.2 Å². The summed E-state index contributed by atoms with van der Waals surface area (Å²) in [5, 5.41) is 3.03. The lowest BCUT2D eigenvalue weighted by Gasteiger charge is -2.32. The predicted molar refractivity (Wildman–Crippen MR) is 88.5 cm³/mol. The summed E-state index contributed by atoms with van der Waals surface area (Å²) in [6, 6.07) is 5.59. The van der Waals surface area contributed by atoms with Crippen molar-refractivity contribution in [2.75, 3.05) is 26.5 Å². The van der Waals surface area contributed by atoms with Crippen molar-refractivity contribution in [1.82, 2.24) is 10.2 Å². The molecule has 0 radical (unpaired) electrons. The summed E-state index contributed by atoms with van der Waals surface area (Å²) in [6.07, 6.45) is 3.83. The molecule has 1 unspecified atom stereocenters. The van der Waals surface area contributed by atoms with Crippen LogP contribution in [0, 0.1) is 5.92 Å². The summed E-state index contributed by atoms with van der Waals surface area (Å²) >= 11 is 0. The summed E-state index contributed by atoms with van der Waals surface area (Å²) in [5.74, 6) is 1.75. The van der Waals surface area contributed by atoms with Gasteiger partial charge in [0.05, 0.1) is 5.92 Å². The number of ether oxygens (including phenoxy) is 3. The number of hydrogen-bond acceptors (Lipinski definition) is 5. The fraction of sp³-hybridized carbons (Fsp3) is 0.556. The Bertz CT molecular complexity index is 673. The number of carbonyl (C=O) groups excluding carboxylic acids is 2. The molecular formula is C18H22N2O5. The Kier molecular flexibility index (Phi) is 4.38. The van der Waals surface area contributed by atoms with E-state index in [0.717, 1.165) is 25.7 Å². The second-order valence-corrected chi connectivity index (χ2v) is 6.77. The number of amides is 2. The molecule has 2 aliphatic heterocycles. The molecule has 4 rings (SSSR count). The molecule has 1 N–H and O–H groups in total. The third-order valence-electron chi connectivity index (χ3n) is 4.77. The van der Waals surface area contributed by atoms with E-state index >= 15 is 0 Å². The molecule has 7 nitrogen and oxygen atoms in total. The van der Waals surface area contributed by atoms with Gasteiger partial charge in [-0.25, -0.2) is 0 Å². The van der Waals surface area contributed by atoms with Crippen molar-refractivity contribution in [1.29, 1.82) is 0 Å². The number of piperidine rings is 1. The van der Waals surface area contributed by atoms with Crippen LogP contribution in [0.25, 0.3) is 0 Å². The number of hydrogen-bond donors (Lipinski definition) is 1. The van der Waals surface area contributed by atoms with Crippen molar-refractivity contribution >= 4 is 11.8 Å². The zero-order chi connectivity index (χ0) is 17.2. The van der Waals surface area contributed by atoms with Crippen LogP contribution in [-0.2, 0) is 9.59 Å². The molecule has 1 saturated carbocycles. The molecule has 1 aromatic carbocycles. The van der Waals surface area contributed by atoms with Gasteiger partial charge in [-0.1, -0.05) is 0 Å². The number of nitrogens with one attached hydrogen (secondary N) is 1. The minimum Gasteiger partial charge on any atom is -0.484 e. The van der Waals surface area contributed by atoms with Crippen LogP contribution in [0.4, 0.5) is 0 Å². The zero-order valence-corrected chi connectivity index (χ0v) is 14.0. The molecule has 1 aromatic rings. The monoisotopic (exact) mass is 346 g/mol. The van der Waals surface area contributed by atoms with Crippen LogP contribution >= 0.6 is 0 Å². The lowest BCUT2D eigenvalue weighted by atomic mass is 9.97. The van der Waals surface area contributed by atoms with Gasteiger partial charge in [-0.05, 0) is 37.8 Å². The van der Waals surface area contributed by atoms with Crippen LogP contribution in [-0.4, -0.2) is 49.2 Å². The Labute approximate surface area is 146 Å². The van der Waals surface area contributed by atoms with Gasteiger partial charge in [0.25, 0.3) is 5.91 Å². The van der Waals surface area contributed by atoms with Crippen molar-refractivity contribution in [3.05, 3.63) is 18.2 Å². The smallest absolute Gasteiger partial charge is 0.260 e. The molecule has 0 aromatic heterocycles. The molecule has 2 amide bonds. The Morgan fingerprint density at radius 1 is 1.20 bits per heavy atom. The number of nitrogens with zero attached hydrogens (tertiary/aromatic N) is 1. The second kappa shape index (κ2) is 6.82. The zero-order valence-electron chi connectivity index (χ0n) is 14.0. The van der Waals surface area contributed by atoms with E-state index in [1.54, 1.807) is 23.1 Å². The van der Waals surface area contributed by atoms with Crippen molar-refractivity contribution in [2.24, 2.45) is 5.92 Å². The molecular weight excluding hydrogens is 324 g/mol. The third-order valence-corrected chi connectivity index (χ3v) is 4.77. The van der Waals surface area contributed by atoms with Gasteiger partial charge in [-0.3, -0.25) is 9.59 Å². The van der Waals surface area contributed by atoms with Crippen LogP contribution < -0.4 is 19.5 Å². The predicted octanol–water partition coefficient (Wildman–Crippen LogP) is 1.31. The van der Waals surface area contributed by atoms with Crippen LogP contribution in [0.3, 0.4) is 0 Å². The number of fused-ring (bicyclic) bond motifs is 1. The number of likely N-dealkylation sites (tertiary alicyclic amines) is 1. The lowest BCUT2D eigenvalue weighted by molar-refractivity contribution is -0.137. The molecule has 25 heavy (non-hydrogen) atoms. The maximum absolute atomic E-state index is 12.4. The SMILES string of the molecule is O=C(NC1CC1)C1CCCN(C(=O)COc2ccc3c(c2)OCO3)C1. The lowest BCUT2D eigenvalue weighted by Crippen LogP contribution is -2.47. The minimum atomic E-state index is -0.108. The second-order valence-electron chi connectivity index (χ2n) is 6.77. The average Bonchev–Trinajstić information content (AvgIpc) is 3.33. The average molecular weight is 346 g/mol. The topological polar surface area (TPSA) is 77.1 Å². The maximum Gasteiger partial charge on any atom is 0.260 e. The van der Waals surface area contributed by atoms with Crippen molar-refractivity contribution < 1.29 is 23.8 Å². The quantitative estimate of drug-likeness (QED) is 0.870. The fourth-order valence-electron chi connectivity index (χ4n) is 3.17. The summed E-state index contributed by atoms with van der Waals surface area (Å²) in [4.78, 5) is 26.3. The van der Waals surface area contributed by atoms with Gasteiger partial charge in [0.15, 0.2) is 18.1 Å². The van der Waals surface area contributed by atoms with Gasteiger partial charge in [-0.2, -0.15) is 0 Å². The Hall–Kier alpha value is -2.44. The molecule has 134 valence electrons. The first-order valence-corrected chi connectivity index (χ1v) is 8.79. The van der Waals surface area contributed by atoms with E-state index in [4.69, 9.17) is 14.2 Å². The van der Waals surface area contributed by atoms with E-state index in [-0.39, 0.29) is 31.1 Å². The van der Waals surface area contributed by atoms with E-state index < -0.39 is 0 Å². The Morgan fingerprint density at radius 3 is 2.88 bits per heavy atom. The molecule has 1 atom stereocenters. The first-order valence-electron chi connectivity index (χ1n) is 8.79. The van der Waals surface area contributed by atoms with Gasteiger partial charge in [0, 0.05) is 25.2 Å². The van der Waals surface area contributed by atoms with Gasteiger partial charge >= 0.3 is 0 Å². The van der Waals surface area contributed by atoms with Gasteiger partial charge < -0.3 is 24.4 Å². The molecule has 1 aliphatic carbocycles. The van der Waals surface area contributed by atoms with Crippen molar-refractivity contribution in [3.8, 4) is 17.2 Å². The molecule has 0 spiro atoms. The highest BCUT2D eigenvalue weighted by molar-refractivity contribution is 5.82. The third kappa shape index (κ3) is 3.81. The highest BCUT2D eigenvalue weighted by Crippen LogP contribution is 2.35. The largest absolute Gasteiger partial charge is 0.484 e. The van der Waals surface area contributed by atoms with Gasteiger partial charge in [0.2, 0.25) is 12.7 Å². The molecule has 3 aliphatic rings. The van der Waals surface area contributed by atoms with Crippen LogP contribution in [0.2, 0.25) is 0 Å². The molecule has 0 bridgehead atoms. The summed E-state index contributed by atoms with van der Waals surface area (Å²) in [5.41, 5.74) is 0. The normalized spacial score (nSPS) is 21.8. The van der Waals surface area contributed by atoms with Crippen LogP contribution in [0.15, 0.2) is 18.2 Å². The number of benzene rings is 1. The number of carbonyl (C=O) groups is 2. The summed E-state index contributed by atoms with van der Waals surface area (Å²) in [7, 11) is 0. The standard InChI is InChI=1S/C18H22N2O5/c21-17(10-23-14-5-6-15-16(8-14)25-11-24-15)20-7-1-2-12(9-20)18(22)19-13-3-4-13/h5-6,8,12-13H,1-4,7,9-11H2,(H,19,22). The van der Waals surface area contributed by atoms with E-state index in [2.05, 4.69) is 5.32 Å². The summed E-state index contributed by atoms with van der Waals surface area (Å²) in [6.45, 7) is 1.31. The van der Waals surface area contributed by atoms with Crippen LogP contribution in [0.1, 0.15) is 25.7 Å². The van der Waals surface area contributed by atoms with Crippen molar-refractivity contribution in [2.45, 2.75) is 31.7 Å². The summed E-state index contributed by atoms with van der Waals surface area (Å²) < 4.78 is 16.1. The molecule has 1 saturated heterocycles.